The van der Waals surface area contributed by atoms with Gasteiger partial charge in [0, 0.05) is 20.1 Å². The van der Waals surface area contributed by atoms with Gasteiger partial charge in [-0.1, -0.05) is 5.16 Å². The van der Waals surface area contributed by atoms with Gasteiger partial charge in [-0.05, 0) is 0 Å². The fraction of sp³-hybridized carbons (Fsp3) is 0.600. The summed E-state index contributed by atoms with van der Waals surface area (Å²) >= 11 is 0. The SMILES string of the molecule is CNC(=O)c1nc(CC(=O)N2CCOCC2)no1. The average molecular weight is 254 g/mol. The van der Waals surface area contributed by atoms with E-state index in [-0.39, 0.29) is 24.0 Å². The maximum Gasteiger partial charge on any atom is 0.315 e. The summed E-state index contributed by atoms with van der Waals surface area (Å²) in [4.78, 5) is 28.6. The zero-order valence-corrected chi connectivity index (χ0v) is 10.0. The lowest BCUT2D eigenvalue weighted by Gasteiger charge is -2.26. The van der Waals surface area contributed by atoms with Crippen LogP contribution in [0.2, 0.25) is 0 Å². The largest absolute Gasteiger partial charge is 0.378 e. The van der Waals surface area contributed by atoms with Crippen molar-refractivity contribution >= 4 is 11.8 Å². The van der Waals surface area contributed by atoms with Crippen LogP contribution in [0.25, 0.3) is 0 Å². The molecule has 0 atom stereocenters. The fourth-order valence-corrected chi connectivity index (χ4v) is 1.58. The van der Waals surface area contributed by atoms with E-state index in [1.54, 1.807) is 4.90 Å². The summed E-state index contributed by atoms with van der Waals surface area (Å²) < 4.78 is 9.89. The van der Waals surface area contributed by atoms with Crippen LogP contribution < -0.4 is 5.32 Å². The molecular weight excluding hydrogens is 240 g/mol. The molecule has 0 saturated carbocycles. The molecule has 0 radical (unpaired) electrons. The number of aromatic nitrogens is 2. The van der Waals surface area contributed by atoms with Crippen molar-refractivity contribution in [2.75, 3.05) is 33.4 Å². The van der Waals surface area contributed by atoms with E-state index >= 15 is 0 Å². The van der Waals surface area contributed by atoms with E-state index in [1.807, 2.05) is 0 Å². The van der Waals surface area contributed by atoms with Crippen molar-refractivity contribution in [1.82, 2.24) is 20.4 Å². The van der Waals surface area contributed by atoms with E-state index in [0.717, 1.165) is 0 Å². The Balaban J connectivity index is 1.94. The molecule has 18 heavy (non-hydrogen) atoms. The van der Waals surface area contributed by atoms with Gasteiger partial charge in [0.2, 0.25) is 5.91 Å². The predicted molar refractivity (Wildman–Crippen MR) is 58.8 cm³/mol. The molecule has 2 amide bonds. The third-order valence-corrected chi connectivity index (χ3v) is 2.56. The molecule has 98 valence electrons. The quantitative estimate of drug-likeness (QED) is 0.730. The zero-order chi connectivity index (χ0) is 13.0. The molecule has 1 aliphatic rings. The summed E-state index contributed by atoms with van der Waals surface area (Å²) in [6.07, 6.45) is 0.0283. The monoisotopic (exact) mass is 254 g/mol. The number of amides is 2. The highest BCUT2D eigenvalue weighted by Crippen LogP contribution is 2.03. The summed E-state index contributed by atoms with van der Waals surface area (Å²) in [7, 11) is 1.46. The summed E-state index contributed by atoms with van der Waals surface area (Å²) in [6.45, 7) is 2.22. The first-order chi connectivity index (χ1) is 8.70. The van der Waals surface area contributed by atoms with E-state index in [2.05, 4.69) is 15.5 Å². The van der Waals surface area contributed by atoms with Crippen LogP contribution in [0.4, 0.5) is 0 Å². The van der Waals surface area contributed by atoms with Crippen molar-refractivity contribution in [2.24, 2.45) is 0 Å². The number of ether oxygens (including phenoxy) is 1. The molecule has 2 rings (SSSR count). The predicted octanol–water partition coefficient (Wildman–Crippen LogP) is -1.17. The Morgan fingerprint density at radius 3 is 2.78 bits per heavy atom. The summed E-state index contributed by atoms with van der Waals surface area (Å²) in [5, 5.41) is 5.96. The second-order valence-electron chi connectivity index (χ2n) is 3.76. The smallest absolute Gasteiger partial charge is 0.315 e. The number of carbonyl (C=O) groups is 2. The molecule has 0 bridgehead atoms. The van der Waals surface area contributed by atoms with E-state index in [1.165, 1.54) is 7.05 Å². The normalized spacial score (nSPS) is 15.5. The highest BCUT2D eigenvalue weighted by Gasteiger charge is 2.20. The van der Waals surface area contributed by atoms with Gasteiger partial charge in [0.05, 0.1) is 19.6 Å². The Hall–Kier alpha value is -1.96. The lowest BCUT2D eigenvalue weighted by atomic mass is 10.3. The number of hydrogen-bond acceptors (Lipinski definition) is 6. The molecule has 8 heteroatoms. The van der Waals surface area contributed by atoms with Crippen molar-refractivity contribution in [2.45, 2.75) is 6.42 Å². The van der Waals surface area contributed by atoms with Gasteiger partial charge < -0.3 is 19.5 Å². The molecule has 1 aliphatic heterocycles. The molecule has 0 unspecified atom stereocenters. The van der Waals surface area contributed by atoms with Gasteiger partial charge in [-0.3, -0.25) is 9.59 Å². The Morgan fingerprint density at radius 1 is 1.39 bits per heavy atom. The standard InChI is InChI=1S/C10H14N4O4/c1-11-9(16)10-12-7(13-18-10)6-8(15)14-2-4-17-5-3-14/h2-6H2,1H3,(H,11,16). The third kappa shape index (κ3) is 2.83. The van der Waals surface area contributed by atoms with Crippen molar-refractivity contribution in [3.63, 3.8) is 0 Å². The van der Waals surface area contributed by atoms with Gasteiger partial charge in [-0.15, -0.1) is 0 Å². The number of carbonyl (C=O) groups excluding carboxylic acids is 2. The molecule has 0 aliphatic carbocycles. The number of morpholine rings is 1. The molecule has 1 fully saturated rings. The van der Waals surface area contributed by atoms with Gasteiger partial charge in [0.15, 0.2) is 5.82 Å². The molecule has 1 aromatic heterocycles. The van der Waals surface area contributed by atoms with Crippen LogP contribution in [0.3, 0.4) is 0 Å². The highest BCUT2D eigenvalue weighted by atomic mass is 16.5. The maximum atomic E-state index is 11.9. The minimum atomic E-state index is -0.465. The van der Waals surface area contributed by atoms with Crippen LogP contribution in [0.5, 0.6) is 0 Å². The van der Waals surface area contributed by atoms with Crippen molar-refractivity contribution in [3.05, 3.63) is 11.7 Å². The lowest BCUT2D eigenvalue weighted by molar-refractivity contribution is -0.134. The van der Waals surface area contributed by atoms with E-state index in [4.69, 9.17) is 9.26 Å². The van der Waals surface area contributed by atoms with Crippen LogP contribution in [-0.2, 0) is 16.0 Å². The van der Waals surface area contributed by atoms with Crippen LogP contribution in [0, 0.1) is 0 Å². The van der Waals surface area contributed by atoms with Crippen molar-refractivity contribution < 1.29 is 18.8 Å². The van der Waals surface area contributed by atoms with Crippen molar-refractivity contribution in [3.8, 4) is 0 Å². The van der Waals surface area contributed by atoms with E-state index in [0.29, 0.717) is 26.3 Å². The van der Waals surface area contributed by atoms with Gasteiger partial charge in [-0.2, -0.15) is 4.98 Å². The number of hydrogen-bond donors (Lipinski definition) is 1. The molecule has 0 aromatic carbocycles. The van der Waals surface area contributed by atoms with Gasteiger partial charge in [-0.25, -0.2) is 0 Å². The Labute approximate surface area is 103 Å². The second-order valence-corrected chi connectivity index (χ2v) is 3.76. The lowest BCUT2D eigenvalue weighted by Crippen LogP contribution is -2.41. The first-order valence-electron chi connectivity index (χ1n) is 5.61. The van der Waals surface area contributed by atoms with E-state index < -0.39 is 5.91 Å². The maximum absolute atomic E-state index is 11.9. The van der Waals surface area contributed by atoms with Crippen molar-refractivity contribution in [1.29, 1.82) is 0 Å². The minimum Gasteiger partial charge on any atom is -0.378 e. The molecule has 2 heterocycles. The van der Waals surface area contributed by atoms with Gasteiger partial charge >= 0.3 is 11.8 Å². The molecular formula is C10H14N4O4. The average Bonchev–Trinajstić information content (AvgIpc) is 2.87. The summed E-state index contributed by atoms with van der Waals surface area (Å²) in [6, 6.07) is 0. The van der Waals surface area contributed by atoms with Crippen LogP contribution >= 0.6 is 0 Å². The highest BCUT2D eigenvalue weighted by molar-refractivity contribution is 5.89. The van der Waals surface area contributed by atoms with Crippen LogP contribution in [-0.4, -0.2) is 60.2 Å². The molecule has 1 aromatic rings. The molecule has 0 spiro atoms. The number of nitrogens with zero attached hydrogens (tertiary/aromatic N) is 3. The van der Waals surface area contributed by atoms with Gasteiger partial charge in [0.1, 0.15) is 0 Å². The number of rotatable bonds is 3. The summed E-state index contributed by atoms with van der Waals surface area (Å²) in [5.74, 6) is -0.484. The fourth-order valence-electron chi connectivity index (χ4n) is 1.58. The van der Waals surface area contributed by atoms with Gasteiger partial charge in [0.25, 0.3) is 0 Å². The van der Waals surface area contributed by atoms with Crippen LogP contribution in [0.1, 0.15) is 16.5 Å². The second kappa shape index (κ2) is 5.58. The first kappa shape index (κ1) is 12.5. The summed E-state index contributed by atoms with van der Waals surface area (Å²) in [5.41, 5.74) is 0. The third-order valence-electron chi connectivity index (χ3n) is 2.56. The zero-order valence-electron chi connectivity index (χ0n) is 10.0. The Morgan fingerprint density at radius 2 is 2.11 bits per heavy atom. The van der Waals surface area contributed by atoms with E-state index in [9.17, 15) is 9.59 Å². The topological polar surface area (TPSA) is 97.6 Å². The molecule has 1 N–H and O–H groups in total. The Bertz CT molecular complexity index is 439. The van der Waals surface area contributed by atoms with Crippen LogP contribution in [0.15, 0.2) is 4.52 Å². The Kier molecular flexibility index (Phi) is 3.88. The molecule has 1 saturated heterocycles. The first-order valence-corrected chi connectivity index (χ1v) is 5.61. The molecule has 8 nitrogen and oxygen atoms in total. The number of nitrogens with one attached hydrogen (secondary N) is 1. The minimum absolute atomic E-state index is 0.0283.